The third-order valence-corrected chi connectivity index (χ3v) is 7.65. The van der Waals surface area contributed by atoms with Gasteiger partial charge in [-0.25, -0.2) is 0 Å². The van der Waals surface area contributed by atoms with Crippen LogP contribution in [0.2, 0.25) is 0 Å². The molecule has 3 aliphatic rings. The number of rotatable bonds is 2. The van der Waals surface area contributed by atoms with Crippen LogP contribution in [0.25, 0.3) is 0 Å². The van der Waals surface area contributed by atoms with Gasteiger partial charge in [0.2, 0.25) is 5.78 Å². The fourth-order valence-corrected chi connectivity index (χ4v) is 5.56. The molecule has 2 aliphatic carbocycles. The quantitative estimate of drug-likeness (QED) is 0.243. The van der Waals surface area contributed by atoms with E-state index in [1.165, 1.54) is 14.0 Å². The number of fused-ring (bicyclic) bond motifs is 3. The van der Waals surface area contributed by atoms with Gasteiger partial charge in [-0.2, -0.15) is 13.2 Å². The van der Waals surface area contributed by atoms with Crippen molar-refractivity contribution in [2.24, 2.45) is 5.92 Å². The molecule has 42 heavy (non-hydrogen) atoms. The number of carbonyl (C=O) groups is 2. The number of benzene rings is 2. The van der Waals surface area contributed by atoms with E-state index in [0.717, 1.165) is 36.6 Å². The zero-order valence-electron chi connectivity index (χ0n) is 23.7. The molecule has 13 heteroatoms. The van der Waals surface area contributed by atoms with Crippen LogP contribution in [0.15, 0.2) is 18.2 Å². The van der Waals surface area contributed by atoms with Gasteiger partial charge < -0.3 is 40.3 Å². The van der Waals surface area contributed by atoms with E-state index in [-0.39, 0.29) is 29.3 Å². The maximum atomic E-state index is 13.1. The Hall–Kier alpha value is -3.39. The van der Waals surface area contributed by atoms with Crippen LogP contribution in [0, 0.1) is 5.92 Å². The molecule has 5 atom stereocenters. The SMILES string of the molecule is CC1OC(O)CC(NC(=O)C(F)(F)F)C1O.CO.COc1cccc2c1C(=O)c1c(O)c3c(c(O)c1C2)C[C@@H](C)CC3. The molecule has 1 saturated heterocycles. The number of hydrogen-bond acceptors (Lipinski definition) is 9. The number of halogens is 3. The Bertz CT molecular complexity index is 1310. The van der Waals surface area contributed by atoms with Crippen molar-refractivity contribution in [2.45, 2.75) is 76.7 Å². The first kappa shape index (κ1) is 33.1. The molecule has 0 radical (unpaired) electrons. The summed E-state index contributed by atoms with van der Waals surface area (Å²) < 4.78 is 45.9. The second-order valence-electron chi connectivity index (χ2n) is 10.5. The lowest BCUT2D eigenvalue weighted by molar-refractivity contribution is -0.207. The largest absolute Gasteiger partial charge is 0.507 e. The van der Waals surface area contributed by atoms with Crippen molar-refractivity contribution in [3.05, 3.63) is 51.6 Å². The highest BCUT2D eigenvalue weighted by atomic mass is 19.4. The van der Waals surface area contributed by atoms with E-state index in [1.54, 1.807) is 11.4 Å². The van der Waals surface area contributed by atoms with Crippen LogP contribution < -0.4 is 10.1 Å². The van der Waals surface area contributed by atoms with Crippen LogP contribution in [-0.4, -0.2) is 82.2 Å². The lowest BCUT2D eigenvalue weighted by Gasteiger charge is -2.36. The summed E-state index contributed by atoms with van der Waals surface area (Å²) in [4.78, 5) is 23.7. The minimum atomic E-state index is -5.01. The molecule has 6 N–H and O–H groups in total. The highest BCUT2D eigenvalue weighted by Gasteiger charge is 2.43. The molecule has 0 aromatic heterocycles. The van der Waals surface area contributed by atoms with E-state index >= 15 is 0 Å². The molecule has 232 valence electrons. The summed E-state index contributed by atoms with van der Waals surface area (Å²) in [6, 6.07) is 4.29. The molecule has 1 aliphatic heterocycles. The third kappa shape index (κ3) is 6.64. The number of nitrogens with one attached hydrogen (secondary N) is 1. The van der Waals surface area contributed by atoms with Crippen molar-refractivity contribution in [1.29, 1.82) is 0 Å². The van der Waals surface area contributed by atoms with Crippen molar-refractivity contribution in [1.82, 2.24) is 5.32 Å². The Morgan fingerprint density at radius 2 is 1.71 bits per heavy atom. The lowest BCUT2D eigenvalue weighted by Crippen LogP contribution is -2.56. The van der Waals surface area contributed by atoms with Gasteiger partial charge in [0.25, 0.3) is 0 Å². The van der Waals surface area contributed by atoms with Gasteiger partial charge in [-0.1, -0.05) is 19.1 Å². The number of aliphatic hydroxyl groups is 3. The molecular formula is C29H36F3NO9. The summed E-state index contributed by atoms with van der Waals surface area (Å²) in [6.07, 6.45) is -5.91. The first-order valence-corrected chi connectivity index (χ1v) is 13.4. The zero-order valence-corrected chi connectivity index (χ0v) is 23.7. The van der Waals surface area contributed by atoms with Crippen LogP contribution in [0.4, 0.5) is 13.2 Å². The number of hydrogen-bond donors (Lipinski definition) is 6. The van der Waals surface area contributed by atoms with Gasteiger partial charge in [0.1, 0.15) is 23.4 Å². The van der Waals surface area contributed by atoms with Gasteiger partial charge in [0, 0.05) is 36.6 Å². The molecule has 1 heterocycles. The van der Waals surface area contributed by atoms with Crippen LogP contribution in [0.5, 0.6) is 17.2 Å². The number of ether oxygens (including phenoxy) is 2. The average Bonchev–Trinajstić information content (AvgIpc) is 2.94. The Kier molecular flexibility index (Phi) is 10.5. The maximum absolute atomic E-state index is 13.1. The summed E-state index contributed by atoms with van der Waals surface area (Å²) in [5, 5.41) is 48.8. The van der Waals surface area contributed by atoms with E-state index < -0.39 is 36.6 Å². The summed E-state index contributed by atoms with van der Waals surface area (Å²) in [5.41, 5.74) is 3.65. The normalized spacial score (nSPS) is 24.4. The fourth-order valence-electron chi connectivity index (χ4n) is 5.56. The topological polar surface area (TPSA) is 166 Å². The Labute approximate surface area is 240 Å². The van der Waals surface area contributed by atoms with Crippen molar-refractivity contribution in [2.75, 3.05) is 14.2 Å². The standard InChI is InChI=1S/C20H20O4.C8H12F3NO4.CH4O/c1-10-6-7-12-13(8-10)18(21)14-9-11-4-3-5-15(24-2)16(11)20(23)17(14)19(12)22;1-3-6(14)4(2-5(13)16-3)12-7(15)8(9,10)11;1-2/h3-5,10,21-22H,6-9H2,1-2H3;3-6,13-14H,2H2,1H3,(H,12,15);2H,1H3/t10-;;/m0../s1. The Morgan fingerprint density at radius 1 is 1.05 bits per heavy atom. The number of ketones is 1. The number of amides is 1. The predicted octanol–water partition coefficient (Wildman–Crippen LogP) is 2.50. The number of methoxy groups -OCH3 is 1. The second kappa shape index (κ2) is 13.3. The molecule has 0 bridgehead atoms. The molecule has 0 spiro atoms. The molecule has 2 aromatic rings. The molecule has 2 aromatic carbocycles. The van der Waals surface area contributed by atoms with Gasteiger partial charge in [0.15, 0.2) is 6.29 Å². The van der Waals surface area contributed by atoms with Gasteiger partial charge in [-0.05, 0) is 43.7 Å². The number of aliphatic hydroxyl groups excluding tert-OH is 3. The number of aromatic hydroxyl groups is 2. The molecule has 1 fully saturated rings. The summed E-state index contributed by atoms with van der Waals surface area (Å²) in [6.45, 7) is 3.53. The van der Waals surface area contributed by atoms with E-state index in [0.29, 0.717) is 35.6 Å². The van der Waals surface area contributed by atoms with Crippen LogP contribution in [-0.2, 0) is 28.8 Å². The molecular weight excluding hydrogens is 563 g/mol. The van der Waals surface area contributed by atoms with Crippen molar-refractivity contribution in [3.8, 4) is 17.2 Å². The molecule has 10 nitrogen and oxygen atoms in total. The highest BCUT2D eigenvalue weighted by Crippen LogP contribution is 2.47. The zero-order chi connectivity index (χ0) is 31.5. The molecule has 5 rings (SSSR count). The third-order valence-electron chi connectivity index (χ3n) is 7.65. The number of alkyl halides is 3. The van der Waals surface area contributed by atoms with Crippen LogP contribution >= 0.6 is 0 Å². The van der Waals surface area contributed by atoms with Gasteiger partial charge in [-0.3, -0.25) is 9.59 Å². The lowest BCUT2D eigenvalue weighted by atomic mass is 9.76. The first-order chi connectivity index (χ1) is 19.7. The van der Waals surface area contributed by atoms with Crippen LogP contribution in [0.3, 0.4) is 0 Å². The summed E-state index contributed by atoms with van der Waals surface area (Å²) in [7, 11) is 2.53. The second-order valence-corrected chi connectivity index (χ2v) is 10.5. The Morgan fingerprint density at radius 3 is 2.33 bits per heavy atom. The highest BCUT2D eigenvalue weighted by molar-refractivity contribution is 6.16. The maximum Gasteiger partial charge on any atom is 0.471 e. The number of phenolic OH excluding ortho intramolecular Hbond substituents is 2. The molecule has 0 saturated carbocycles. The first-order valence-electron chi connectivity index (χ1n) is 13.4. The van der Waals surface area contributed by atoms with Crippen molar-refractivity contribution >= 4 is 11.7 Å². The van der Waals surface area contributed by atoms with Crippen molar-refractivity contribution in [3.63, 3.8) is 0 Å². The summed E-state index contributed by atoms with van der Waals surface area (Å²) in [5.74, 6) is -1.20. The van der Waals surface area contributed by atoms with Gasteiger partial charge in [-0.15, -0.1) is 0 Å². The number of phenols is 2. The predicted molar refractivity (Wildman–Crippen MR) is 143 cm³/mol. The summed E-state index contributed by atoms with van der Waals surface area (Å²) >= 11 is 0. The fraction of sp³-hybridized carbons (Fsp3) is 0.517. The average molecular weight is 600 g/mol. The Balaban J connectivity index is 0.000000235. The molecule has 4 unspecified atom stereocenters. The van der Waals surface area contributed by atoms with E-state index in [1.807, 2.05) is 12.1 Å². The van der Waals surface area contributed by atoms with Gasteiger partial charge >= 0.3 is 12.1 Å². The minimum Gasteiger partial charge on any atom is -0.507 e. The van der Waals surface area contributed by atoms with E-state index in [4.69, 9.17) is 19.7 Å². The van der Waals surface area contributed by atoms with E-state index in [9.17, 15) is 38.1 Å². The van der Waals surface area contributed by atoms with Crippen LogP contribution in [0.1, 0.15) is 64.9 Å². The minimum absolute atomic E-state index is 0.0475. The van der Waals surface area contributed by atoms with E-state index in [2.05, 4.69) is 6.92 Å². The molecule has 1 amide bonds. The monoisotopic (exact) mass is 599 g/mol. The van der Waals surface area contributed by atoms with Gasteiger partial charge in [0.05, 0.1) is 30.4 Å². The van der Waals surface area contributed by atoms with Crippen molar-refractivity contribution < 1.29 is 57.8 Å². The number of carbonyl (C=O) groups excluding carboxylic acids is 2. The smallest absolute Gasteiger partial charge is 0.471 e.